The van der Waals surface area contributed by atoms with E-state index in [0.717, 1.165) is 23.0 Å². The summed E-state index contributed by atoms with van der Waals surface area (Å²) >= 11 is 0. The predicted octanol–water partition coefficient (Wildman–Crippen LogP) is 3.53. The van der Waals surface area contributed by atoms with Crippen molar-refractivity contribution in [3.8, 4) is 0 Å². The van der Waals surface area contributed by atoms with Gasteiger partial charge >= 0.3 is 5.97 Å². The van der Waals surface area contributed by atoms with E-state index >= 15 is 0 Å². The number of ether oxygens (including phenoxy) is 1. The highest BCUT2D eigenvalue weighted by molar-refractivity contribution is 5.82. The lowest BCUT2D eigenvalue weighted by Crippen LogP contribution is -2.50. The standard InChI is InChI=1S/C19H30NO2/c1-4-19(2,17-11-7-5-8-12-17)18(21)22-16-15-20(3)13-9-6-10-14-20/h5,7-8,11-12H,4,6,9-10,13-16H2,1-3H3/q+1. The first-order chi connectivity index (χ1) is 10.5. The SMILES string of the molecule is CCC(C)(C(=O)OCC[N+]1(C)CCCCC1)c1ccccc1. The van der Waals surface area contributed by atoms with Crippen LogP contribution in [-0.4, -0.2) is 43.7 Å². The highest BCUT2D eigenvalue weighted by Crippen LogP contribution is 2.29. The minimum atomic E-state index is -0.540. The average Bonchev–Trinajstić information content (AvgIpc) is 2.55. The van der Waals surface area contributed by atoms with Crippen molar-refractivity contribution in [2.75, 3.05) is 33.3 Å². The molecule has 1 aromatic carbocycles. The van der Waals surface area contributed by atoms with Crippen LogP contribution in [0.1, 0.15) is 45.1 Å². The monoisotopic (exact) mass is 304 g/mol. The van der Waals surface area contributed by atoms with E-state index in [0.29, 0.717) is 6.61 Å². The fraction of sp³-hybridized carbons (Fsp3) is 0.632. The summed E-state index contributed by atoms with van der Waals surface area (Å²) in [7, 11) is 2.28. The van der Waals surface area contributed by atoms with E-state index in [1.54, 1.807) is 0 Å². The lowest BCUT2D eigenvalue weighted by molar-refractivity contribution is -0.914. The topological polar surface area (TPSA) is 26.3 Å². The van der Waals surface area contributed by atoms with Crippen LogP contribution in [0.15, 0.2) is 30.3 Å². The van der Waals surface area contributed by atoms with Crippen LogP contribution in [-0.2, 0) is 14.9 Å². The van der Waals surface area contributed by atoms with Gasteiger partial charge in [0.25, 0.3) is 0 Å². The van der Waals surface area contributed by atoms with Gasteiger partial charge in [-0.25, -0.2) is 0 Å². The Morgan fingerprint density at radius 2 is 1.82 bits per heavy atom. The second-order valence-electron chi connectivity index (χ2n) is 7.04. The number of carbonyl (C=O) groups is 1. The van der Waals surface area contributed by atoms with E-state index in [1.165, 1.54) is 32.4 Å². The number of benzene rings is 1. The minimum absolute atomic E-state index is 0.0928. The van der Waals surface area contributed by atoms with Crippen LogP contribution in [0.4, 0.5) is 0 Å². The Bertz CT molecular complexity index is 479. The number of likely N-dealkylation sites (N-methyl/N-ethyl adjacent to an activating group) is 1. The molecule has 0 saturated carbocycles. The van der Waals surface area contributed by atoms with Crippen LogP contribution in [0, 0.1) is 0 Å². The molecule has 1 aliphatic heterocycles. The van der Waals surface area contributed by atoms with E-state index in [2.05, 4.69) is 7.05 Å². The second-order valence-corrected chi connectivity index (χ2v) is 7.04. The number of piperidine rings is 1. The van der Waals surface area contributed by atoms with Gasteiger partial charge in [-0.1, -0.05) is 37.3 Å². The van der Waals surface area contributed by atoms with Crippen molar-refractivity contribution in [1.82, 2.24) is 0 Å². The fourth-order valence-electron chi connectivity index (χ4n) is 3.29. The lowest BCUT2D eigenvalue weighted by Gasteiger charge is -2.37. The molecule has 122 valence electrons. The van der Waals surface area contributed by atoms with Gasteiger partial charge in [-0.3, -0.25) is 4.79 Å². The molecular weight excluding hydrogens is 274 g/mol. The van der Waals surface area contributed by atoms with Gasteiger partial charge in [0.15, 0.2) is 0 Å². The van der Waals surface area contributed by atoms with Crippen LogP contribution in [0.25, 0.3) is 0 Å². The maximum atomic E-state index is 12.6. The van der Waals surface area contributed by atoms with Gasteiger partial charge in [-0.2, -0.15) is 0 Å². The number of rotatable bonds is 6. The molecule has 0 aromatic heterocycles. The smallest absolute Gasteiger partial charge is 0.316 e. The summed E-state index contributed by atoms with van der Waals surface area (Å²) in [6.07, 6.45) is 4.68. The van der Waals surface area contributed by atoms with Crippen molar-refractivity contribution < 1.29 is 14.0 Å². The van der Waals surface area contributed by atoms with E-state index in [9.17, 15) is 4.79 Å². The molecule has 2 rings (SSSR count). The molecule has 1 unspecified atom stereocenters. The van der Waals surface area contributed by atoms with Gasteiger partial charge in [0, 0.05) is 0 Å². The molecule has 22 heavy (non-hydrogen) atoms. The first-order valence-corrected chi connectivity index (χ1v) is 8.56. The van der Waals surface area contributed by atoms with Crippen molar-refractivity contribution in [3.63, 3.8) is 0 Å². The Morgan fingerprint density at radius 3 is 2.41 bits per heavy atom. The summed E-state index contributed by atoms with van der Waals surface area (Å²) < 4.78 is 6.71. The molecule has 1 atom stereocenters. The van der Waals surface area contributed by atoms with Crippen molar-refractivity contribution in [1.29, 1.82) is 0 Å². The number of hydrogen-bond acceptors (Lipinski definition) is 2. The van der Waals surface area contributed by atoms with E-state index in [4.69, 9.17) is 4.74 Å². The van der Waals surface area contributed by atoms with Crippen LogP contribution < -0.4 is 0 Å². The first kappa shape index (κ1) is 17.0. The maximum Gasteiger partial charge on any atom is 0.316 e. The van der Waals surface area contributed by atoms with E-state index in [-0.39, 0.29) is 5.97 Å². The number of quaternary nitrogens is 1. The third-order valence-corrected chi connectivity index (χ3v) is 5.33. The zero-order valence-corrected chi connectivity index (χ0v) is 14.3. The van der Waals surface area contributed by atoms with Gasteiger partial charge in [-0.15, -0.1) is 0 Å². The number of nitrogens with zero attached hydrogens (tertiary/aromatic N) is 1. The molecule has 0 N–H and O–H groups in total. The second kappa shape index (κ2) is 7.28. The van der Waals surface area contributed by atoms with Gasteiger partial charge < -0.3 is 9.22 Å². The Kier molecular flexibility index (Phi) is 5.63. The van der Waals surface area contributed by atoms with Crippen LogP contribution in [0.2, 0.25) is 0 Å². The highest BCUT2D eigenvalue weighted by atomic mass is 16.5. The van der Waals surface area contributed by atoms with E-state index in [1.807, 2.05) is 44.2 Å². The van der Waals surface area contributed by atoms with Crippen molar-refractivity contribution in [2.45, 2.75) is 44.9 Å². The van der Waals surface area contributed by atoms with Gasteiger partial charge in [0.1, 0.15) is 13.2 Å². The Labute approximate surface area is 134 Å². The number of likely N-dealkylation sites (tertiary alicyclic amines) is 1. The van der Waals surface area contributed by atoms with Crippen LogP contribution >= 0.6 is 0 Å². The molecule has 3 heteroatoms. The molecule has 1 aromatic rings. The normalized spacial score (nSPS) is 20.1. The van der Waals surface area contributed by atoms with Gasteiger partial charge in [0.05, 0.1) is 25.6 Å². The largest absolute Gasteiger partial charge is 0.459 e. The quantitative estimate of drug-likeness (QED) is 0.593. The summed E-state index contributed by atoms with van der Waals surface area (Å²) in [4.78, 5) is 12.6. The van der Waals surface area contributed by atoms with E-state index < -0.39 is 5.41 Å². The van der Waals surface area contributed by atoms with Gasteiger partial charge in [-0.05, 0) is 38.2 Å². The van der Waals surface area contributed by atoms with Crippen LogP contribution in [0.5, 0.6) is 0 Å². The number of carbonyl (C=O) groups excluding carboxylic acids is 1. The molecule has 1 aliphatic rings. The summed E-state index contributed by atoms with van der Waals surface area (Å²) in [6, 6.07) is 9.98. The zero-order valence-electron chi connectivity index (χ0n) is 14.3. The minimum Gasteiger partial charge on any atom is -0.459 e. The number of esters is 1. The van der Waals surface area contributed by atoms with Crippen LogP contribution in [0.3, 0.4) is 0 Å². The average molecular weight is 304 g/mol. The van der Waals surface area contributed by atoms with Crippen molar-refractivity contribution in [3.05, 3.63) is 35.9 Å². The molecule has 0 aliphatic carbocycles. The first-order valence-electron chi connectivity index (χ1n) is 8.56. The molecule has 1 fully saturated rings. The Balaban J connectivity index is 1.92. The molecular formula is C19H30NO2+. The Morgan fingerprint density at radius 1 is 1.18 bits per heavy atom. The summed E-state index contributed by atoms with van der Waals surface area (Å²) in [5.41, 5.74) is 0.503. The predicted molar refractivity (Wildman–Crippen MR) is 89.7 cm³/mol. The molecule has 0 amide bonds. The third kappa shape index (κ3) is 3.89. The summed E-state index contributed by atoms with van der Waals surface area (Å²) in [5, 5.41) is 0. The molecule has 1 saturated heterocycles. The molecule has 0 radical (unpaired) electrons. The summed E-state index contributed by atoms with van der Waals surface area (Å²) in [6.45, 7) is 7.91. The highest BCUT2D eigenvalue weighted by Gasteiger charge is 2.35. The zero-order chi connectivity index (χ0) is 16.1. The molecule has 0 spiro atoms. The third-order valence-electron chi connectivity index (χ3n) is 5.33. The molecule has 1 heterocycles. The fourth-order valence-corrected chi connectivity index (χ4v) is 3.29. The Hall–Kier alpha value is -1.35. The maximum absolute atomic E-state index is 12.6. The summed E-state index contributed by atoms with van der Waals surface area (Å²) in [5.74, 6) is -0.0928. The molecule has 3 nitrogen and oxygen atoms in total. The lowest BCUT2D eigenvalue weighted by atomic mass is 9.80. The molecule has 0 bridgehead atoms. The van der Waals surface area contributed by atoms with Crippen molar-refractivity contribution >= 4 is 5.97 Å². The number of hydrogen-bond donors (Lipinski definition) is 0. The van der Waals surface area contributed by atoms with Crippen molar-refractivity contribution in [2.24, 2.45) is 0 Å². The van der Waals surface area contributed by atoms with Gasteiger partial charge in [0.2, 0.25) is 0 Å².